The molecule has 0 heterocycles. The zero-order valence-electron chi connectivity index (χ0n) is 35.5. The van der Waals surface area contributed by atoms with Crippen LogP contribution in [0.1, 0.15) is 201 Å². The number of allylic oxidation sites excluding steroid dienone is 12. The van der Waals surface area contributed by atoms with Crippen molar-refractivity contribution in [1.29, 1.82) is 0 Å². The van der Waals surface area contributed by atoms with Gasteiger partial charge in [0, 0.05) is 19.4 Å². The van der Waals surface area contributed by atoms with Crippen LogP contribution >= 0.6 is 0 Å². The molecule has 0 spiro atoms. The van der Waals surface area contributed by atoms with Crippen LogP contribution in [0.3, 0.4) is 0 Å². The summed E-state index contributed by atoms with van der Waals surface area (Å²) in [5.41, 5.74) is 0. The van der Waals surface area contributed by atoms with Crippen LogP contribution in [0.15, 0.2) is 72.9 Å². The lowest BCUT2D eigenvalue weighted by molar-refractivity contribution is -0.162. The van der Waals surface area contributed by atoms with Gasteiger partial charge < -0.3 is 14.2 Å². The third-order valence-corrected chi connectivity index (χ3v) is 9.24. The number of rotatable bonds is 40. The van der Waals surface area contributed by atoms with Crippen molar-refractivity contribution in [2.75, 3.05) is 19.8 Å². The van der Waals surface area contributed by atoms with E-state index < -0.39 is 6.10 Å². The fourth-order valence-electron chi connectivity index (χ4n) is 5.90. The molecule has 0 bridgehead atoms. The average Bonchev–Trinajstić information content (AvgIpc) is 3.17. The third kappa shape index (κ3) is 42.1. The lowest BCUT2D eigenvalue weighted by Gasteiger charge is -2.18. The van der Waals surface area contributed by atoms with Crippen LogP contribution in [0.5, 0.6) is 0 Å². The second-order valence-corrected chi connectivity index (χ2v) is 14.6. The van der Waals surface area contributed by atoms with Gasteiger partial charge in [0.25, 0.3) is 0 Å². The fraction of sp³-hybridized carbons (Fsp3) is 0.714. The predicted molar refractivity (Wildman–Crippen MR) is 233 cm³/mol. The lowest BCUT2D eigenvalue weighted by Crippen LogP contribution is -2.30. The van der Waals surface area contributed by atoms with Gasteiger partial charge in [-0.3, -0.25) is 9.59 Å². The van der Waals surface area contributed by atoms with Gasteiger partial charge in [0.1, 0.15) is 6.61 Å². The molecule has 0 fully saturated rings. The molecule has 1 unspecified atom stereocenters. The van der Waals surface area contributed by atoms with Crippen LogP contribution < -0.4 is 0 Å². The van der Waals surface area contributed by atoms with Crippen LogP contribution in [0, 0.1) is 0 Å². The Labute approximate surface area is 334 Å². The molecule has 310 valence electrons. The van der Waals surface area contributed by atoms with E-state index in [-0.39, 0.29) is 25.2 Å². The van der Waals surface area contributed by atoms with Gasteiger partial charge in [-0.25, -0.2) is 0 Å². The standard InChI is InChI=1S/C49H84O5/c1-4-7-10-13-15-17-19-21-22-23-24-25-26-27-29-31-33-35-38-41-44-52-45-47(54-49(51)43-40-36-12-9-6-3)46-53-48(50)42-39-37-34-32-30-28-20-18-16-14-11-8-5-2/h8,11,15-18,21-22,28,30,34,37,47H,4-7,9-10,12-14,19-20,23-27,29,31-33,35-36,38-46H2,1-3H3/b11-8-,17-15-,18-16-,22-21-,30-28-,37-34-. The van der Waals surface area contributed by atoms with Gasteiger partial charge in [-0.15, -0.1) is 0 Å². The minimum Gasteiger partial charge on any atom is -0.462 e. The third-order valence-electron chi connectivity index (χ3n) is 9.24. The van der Waals surface area contributed by atoms with Gasteiger partial charge in [0.2, 0.25) is 0 Å². The number of ether oxygens (including phenoxy) is 3. The Morgan fingerprint density at radius 1 is 0.426 bits per heavy atom. The molecule has 0 aromatic heterocycles. The maximum Gasteiger partial charge on any atom is 0.306 e. The Bertz CT molecular complexity index is 988. The van der Waals surface area contributed by atoms with Crippen LogP contribution in [0.4, 0.5) is 0 Å². The summed E-state index contributed by atoms with van der Waals surface area (Å²) in [4.78, 5) is 24.9. The van der Waals surface area contributed by atoms with Crippen LogP contribution in [0.25, 0.3) is 0 Å². The quantitative estimate of drug-likeness (QED) is 0.0354. The van der Waals surface area contributed by atoms with Gasteiger partial charge in [-0.05, 0) is 77.0 Å². The number of esters is 2. The molecule has 54 heavy (non-hydrogen) atoms. The zero-order valence-corrected chi connectivity index (χ0v) is 35.5. The molecule has 0 rings (SSSR count). The number of carbonyl (C=O) groups excluding carboxylic acids is 2. The van der Waals surface area contributed by atoms with Crippen molar-refractivity contribution in [1.82, 2.24) is 0 Å². The normalized spacial score (nSPS) is 12.9. The molecule has 0 aromatic carbocycles. The Morgan fingerprint density at radius 2 is 0.870 bits per heavy atom. The molecule has 5 heteroatoms. The second kappa shape index (κ2) is 44.7. The van der Waals surface area contributed by atoms with Crippen molar-refractivity contribution < 1.29 is 23.8 Å². The lowest BCUT2D eigenvalue weighted by atomic mass is 10.1. The predicted octanol–water partition coefficient (Wildman–Crippen LogP) is 14.8. The van der Waals surface area contributed by atoms with Gasteiger partial charge in [-0.1, -0.05) is 184 Å². The number of hydrogen-bond acceptors (Lipinski definition) is 5. The maximum absolute atomic E-state index is 12.5. The van der Waals surface area contributed by atoms with E-state index in [0.29, 0.717) is 25.9 Å². The first-order valence-corrected chi connectivity index (χ1v) is 22.5. The van der Waals surface area contributed by atoms with Crippen molar-refractivity contribution in [3.63, 3.8) is 0 Å². The van der Waals surface area contributed by atoms with Crippen molar-refractivity contribution in [2.24, 2.45) is 0 Å². The Balaban J connectivity index is 4.11. The monoisotopic (exact) mass is 753 g/mol. The number of hydrogen-bond donors (Lipinski definition) is 0. The smallest absolute Gasteiger partial charge is 0.306 e. The molecule has 5 nitrogen and oxygen atoms in total. The fourth-order valence-corrected chi connectivity index (χ4v) is 5.90. The van der Waals surface area contributed by atoms with Crippen LogP contribution in [0.2, 0.25) is 0 Å². The van der Waals surface area contributed by atoms with Crippen molar-refractivity contribution in [3.8, 4) is 0 Å². The Morgan fingerprint density at radius 3 is 1.44 bits per heavy atom. The summed E-state index contributed by atoms with van der Waals surface area (Å²) >= 11 is 0. The molecule has 0 aliphatic heterocycles. The largest absolute Gasteiger partial charge is 0.462 e. The molecule has 1 atom stereocenters. The van der Waals surface area contributed by atoms with E-state index in [1.54, 1.807) is 0 Å². The van der Waals surface area contributed by atoms with Gasteiger partial charge in [0.05, 0.1) is 6.61 Å². The summed E-state index contributed by atoms with van der Waals surface area (Å²) in [6.45, 7) is 7.52. The molecule has 0 aromatic rings. The first kappa shape index (κ1) is 51.3. The summed E-state index contributed by atoms with van der Waals surface area (Å²) < 4.78 is 17.1. The van der Waals surface area contributed by atoms with Crippen LogP contribution in [-0.4, -0.2) is 37.9 Å². The summed E-state index contributed by atoms with van der Waals surface area (Å²) in [5, 5.41) is 0. The van der Waals surface area contributed by atoms with E-state index in [9.17, 15) is 9.59 Å². The Kier molecular flexibility index (Phi) is 42.5. The summed E-state index contributed by atoms with van der Waals surface area (Å²) in [6.07, 6.45) is 56.6. The van der Waals surface area contributed by atoms with Crippen LogP contribution in [-0.2, 0) is 23.8 Å². The molecule has 0 saturated carbocycles. The SMILES string of the molecule is CC/C=C\C/C=C\C/C=C\C/C=C\CCC(=O)OCC(COCCCCCCCCCCCC/C=C\C/C=C\CCCCC)OC(=O)CCCCCCC. The second-order valence-electron chi connectivity index (χ2n) is 14.6. The Hall–Kier alpha value is -2.66. The summed E-state index contributed by atoms with van der Waals surface area (Å²) in [6, 6.07) is 0. The molecule has 0 radical (unpaired) electrons. The highest BCUT2D eigenvalue weighted by Crippen LogP contribution is 2.13. The van der Waals surface area contributed by atoms with Gasteiger partial charge >= 0.3 is 11.9 Å². The van der Waals surface area contributed by atoms with Gasteiger partial charge in [-0.2, -0.15) is 0 Å². The maximum atomic E-state index is 12.5. The summed E-state index contributed by atoms with van der Waals surface area (Å²) in [5.74, 6) is -0.508. The zero-order chi connectivity index (χ0) is 39.3. The van der Waals surface area contributed by atoms with Crippen molar-refractivity contribution in [2.45, 2.75) is 207 Å². The summed E-state index contributed by atoms with van der Waals surface area (Å²) in [7, 11) is 0. The van der Waals surface area contributed by atoms with Gasteiger partial charge in [0.15, 0.2) is 6.10 Å². The average molecular weight is 753 g/mol. The highest BCUT2D eigenvalue weighted by molar-refractivity contribution is 5.70. The van der Waals surface area contributed by atoms with Crippen molar-refractivity contribution >= 4 is 11.9 Å². The topological polar surface area (TPSA) is 61.8 Å². The van der Waals surface area contributed by atoms with E-state index in [1.165, 1.54) is 96.3 Å². The van der Waals surface area contributed by atoms with Crippen molar-refractivity contribution in [3.05, 3.63) is 72.9 Å². The molecule has 0 aliphatic rings. The van der Waals surface area contributed by atoms with E-state index in [1.807, 2.05) is 6.08 Å². The highest BCUT2D eigenvalue weighted by Gasteiger charge is 2.17. The molecule has 0 N–H and O–H groups in total. The number of unbranched alkanes of at least 4 members (excludes halogenated alkanes) is 17. The molecule has 0 amide bonds. The molecule has 0 saturated heterocycles. The minimum atomic E-state index is -0.562. The molecular weight excluding hydrogens is 669 g/mol. The van der Waals surface area contributed by atoms with E-state index in [0.717, 1.165) is 64.2 Å². The first-order valence-electron chi connectivity index (χ1n) is 22.5. The highest BCUT2D eigenvalue weighted by atomic mass is 16.6. The molecular formula is C49H84O5. The van der Waals surface area contributed by atoms with E-state index in [4.69, 9.17) is 14.2 Å². The van der Waals surface area contributed by atoms with E-state index in [2.05, 4.69) is 87.6 Å². The van der Waals surface area contributed by atoms with E-state index >= 15 is 0 Å². The molecule has 0 aliphatic carbocycles. The first-order chi connectivity index (χ1) is 26.6. The minimum absolute atomic E-state index is 0.0438. The number of carbonyl (C=O) groups is 2.